The quantitative estimate of drug-likeness (QED) is 0.610. The number of aliphatic carboxylic acids is 1. The summed E-state index contributed by atoms with van der Waals surface area (Å²) in [5, 5.41) is 21.7. The number of nitrogens with zero attached hydrogens (tertiary/aromatic N) is 1. The molecule has 0 aromatic heterocycles. The lowest BCUT2D eigenvalue weighted by Gasteiger charge is -2.14. The zero-order valence-corrected chi connectivity index (χ0v) is 10.6. The molecule has 9 heteroatoms. The number of nitriles is 1. The number of rotatable bonds is 5. The number of hydrogen-bond acceptors (Lipinski definition) is 4. The van der Waals surface area contributed by atoms with Gasteiger partial charge in [-0.2, -0.15) is 5.26 Å². The van der Waals surface area contributed by atoms with Gasteiger partial charge in [0, 0.05) is 0 Å². The summed E-state index contributed by atoms with van der Waals surface area (Å²) in [5.74, 6) is -3.20. The molecule has 0 aliphatic rings. The number of nitrogens with two attached hydrogens (primary N) is 1. The van der Waals surface area contributed by atoms with E-state index in [4.69, 9.17) is 16.1 Å². The maximum atomic E-state index is 13.3. The maximum Gasteiger partial charge on any atom is 0.326 e. The molecule has 8 nitrogen and oxygen atoms in total. The molecule has 1 aromatic carbocycles. The highest BCUT2D eigenvalue weighted by atomic mass is 19.1. The second-order valence-corrected chi connectivity index (χ2v) is 3.93. The molecule has 0 unspecified atom stereocenters. The van der Waals surface area contributed by atoms with Crippen molar-refractivity contribution in [3.05, 3.63) is 29.6 Å². The number of carbonyl (C=O) groups is 3. The van der Waals surface area contributed by atoms with Crippen molar-refractivity contribution in [2.75, 3.05) is 5.32 Å². The number of benzene rings is 1. The summed E-state index contributed by atoms with van der Waals surface area (Å²) in [6, 6.07) is 2.61. The van der Waals surface area contributed by atoms with Crippen LogP contribution < -0.4 is 16.4 Å². The number of carboxylic acids is 1. The zero-order valence-electron chi connectivity index (χ0n) is 10.6. The van der Waals surface area contributed by atoms with Crippen LogP contribution >= 0.6 is 0 Å². The van der Waals surface area contributed by atoms with Crippen LogP contribution in [0.3, 0.4) is 0 Å². The van der Waals surface area contributed by atoms with Crippen molar-refractivity contribution >= 4 is 23.6 Å². The van der Waals surface area contributed by atoms with Gasteiger partial charge in [0.15, 0.2) is 0 Å². The molecular weight excluding hydrogens is 283 g/mol. The number of nitrogens with one attached hydrogen (secondary N) is 2. The van der Waals surface area contributed by atoms with Gasteiger partial charge < -0.3 is 21.5 Å². The van der Waals surface area contributed by atoms with Crippen LogP contribution in [-0.4, -0.2) is 29.1 Å². The summed E-state index contributed by atoms with van der Waals surface area (Å²) in [6.45, 7) is 0. The average Bonchev–Trinajstić information content (AvgIpc) is 2.37. The van der Waals surface area contributed by atoms with Crippen molar-refractivity contribution in [2.45, 2.75) is 12.5 Å². The number of carboxylic acid groups (broad SMARTS) is 1. The van der Waals surface area contributed by atoms with E-state index < -0.39 is 41.8 Å². The first-order valence-electron chi connectivity index (χ1n) is 5.62. The fourth-order valence-electron chi connectivity index (χ4n) is 1.46. The highest BCUT2D eigenvalue weighted by Gasteiger charge is 2.22. The lowest BCUT2D eigenvalue weighted by atomic mass is 10.2. The fourth-order valence-corrected chi connectivity index (χ4v) is 1.46. The first-order chi connectivity index (χ1) is 9.85. The number of anilines is 1. The van der Waals surface area contributed by atoms with Gasteiger partial charge in [-0.15, -0.1) is 0 Å². The van der Waals surface area contributed by atoms with E-state index in [2.05, 4.69) is 5.32 Å². The maximum absolute atomic E-state index is 13.3. The molecule has 0 heterocycles. The molecule has 1 aromatic rings. The Morgan fingerprint density at radius 2 is 2.10 bits per heavy atom. The molecule has 0 spiro atoms. The van der Waals surface area contributed by atoms with Crippen molar-refractivity contribution in [3.63, 3.8) is 0 Å². The molecule has 0 radical (unpaired) electrons. The van der Waals surface area contributed by atoms with Gasteiger partial charge in [0.25, 0.3) is 0 Å². The monoisotopic (exact) mass is 294 g/mol. The van der Waals surface area contributed by atoms with E-state index in [1.807, 2.05) is 5.32 Å². The molecule has 0 bridgehead atoms. The van der Waals surface area contributed by atoms with Crippen LogP contribution in [0.1, 0.15) is 12.0 Å². The Kier molecular flexibility index (Phi) is 5.19. The van der Waals surface area contributed by atoms with Crippen LogP contribution in [-0.2, 0) is 9.59 Å². The van der Waals surface area contributed by atoms with Crippen LogP contribution in [0.15, 0.2) is 18.2 Å². The van der Waals surface area contributed by atoms with Gasteiger partial charge in [-0.1, -0.05) is 6.07 Å². The number of halogens is 1. The van der Waals surface area contributed by atoms with Gasteiger partial charge >= 0.3 is 12.0 Å². The summed E-state index contributed by atoms with van der Waals surface area (Å²) >= 11 is 0. The number of amides is 3. The predicted molar refractivity (Wildman–Crippen MR) is 68.5 cm³/mol. The molecule has 3 amide bonds. The Labute approximate surface area is 118 Å². The lowest BCUT2D eigenvalue weighted by molar-refractivity contribution is -0.140. The summed E-state index contributed by atoms with van der Waals surface area (Å²) in [4.78, 5) is 33.1. The van der Waals surface area contributed by atoms with E-state index in [0.717, 1.165) is 6.07 Å². The minimum atomic E-state index is -1.53. The predicted octanol–water partition coefficient (Wildman–Crippen LogP) is 0.147. The summed E-state index contributed by atoms with van der Waals surface area (Å²) in [6.07, 6.45) is -0.600. The van der Waals surface area contributed by atoms with E-state index in [9.17, 15) is 18.8 Å². The first-order valence-corrected chi connectivity index (χ1v) is 5.62. The Hall–Kier alpha value is -3.15. The van der Waals surface area contributed by atoms with Crippen LogP contribution in [0.25, 0.3) is 0 Å². The molecule has 0 aliphatic carbocycles. The van der Waals surface area contributed by atoms with Crippen molar-refractivity contribution in [1.29, 1.82) is 5.26 Å². The fraction of sp³-hybridized carbons (Fsp3) is 0.167. The zero-order chi connectivity index (χ0) is 16.0. The topological polar surface area (TPSA) is 145 Å². The number of primary amides is 1. The second-order valence-electron chi connectivity index (χ2n) is 3.93. The van der Waals surface area contributed by atoms with E-state index in [1.165, 1.54) is 12.1 Å². The molecule has 21 heavy (non-hydrogen) atoms. The third-order valence-electron chi connectivity index (χ3n) is 2.38. The van der Waals surface area contributed by atoms with Gasteiger partial charge in [-0.05, 0) is 12.1 Å². The van der Waals surface area contributed by atoms with E-state index in [1.54, 1.807) is 6.07 Å². The third kappa shape index (κ3) is 4.46. The lowest BCUT2D eigenvalue weighted by Crippen LogP contribution is -2.45. The largest absolute Gasteiger partial charge is 0.480 e. The molecular formula is C12H11FN4O4. The molecule has 5 N–H and O–H groups in total. The highest BCUT2D eigenvalue weighted by Crippen LogP contribution is 2.17. The van der Waals surface area contributed by atoms with Gasteiger partial charge in [-0.3, -0.25) is 4.79 Å². The van der Waals surface area contributed by atoms with Crippen LogP contribution in [0, 0.1) is 17.1 Å². The summed E-state index contributed by atoms with van der Waals surface area (Å²) in [7, 11) is 0. The number of urea groups is 1. The summed E-state index contributed by atoms with van der Waals surface area (Å²) in [5.41, 5.74) is 4.34. The van der Waals surface area contributed by atoms with Crippen LogP contribution in [0.5, 0.6) is 0 Å². The van der Waals surface area contributed by atoms with Crippen molar-refractivity contribution < 1.29 is 23.9 Å². The van der Waals surface area contributed by atoms with Crippen molar-refractivity contribution in [1.82, 2.24) is 5.32 Å². The van der Waals surface area contributed by atoms with Crippen LogP contribution in [0.4, 0.5) is 14.9 Å². The molecule has 0 fully saturated rings. The first kappa shape index (κ1) is 15.9. The molecule has 0 saturated carbocycles. The average molecular weight is 294 g/mol. The van der Waals surface area contributed by atoms with E-state index >= 15 is 0 Å². The Bertz CT molecular complexity index is 626. The molecule has 110 valence electrons. The Morgan fingerprint density at radius 1 is 1.43 bits per heavy atom. The normalized spacial score (nSPS) is 11.0. The van der Waals surface area contributed by atoms with E-state index in [0.29, 0.717) is 0 Å². The molecule has 0 aliphatic heterocycles. The highest BCUT2D eigenvalue weighted by molar-refractivity contribution is 5.94. The van der Waals surface area contributed by atoms with Crippen molar-refractivity contribution in [2.24, 2.45) is 5.73 Å². The Balaban J connectivity index is 2.82. The SMILES string of the molecule is N#Cc1c(F)cccc1NC(=O)N[C@@H](CC(N)=O)C(=O)O. The Morgan fingerprint density at radius 3 is 2.62 bits per heavy atom. The number of hydrogen-bond donors (Lipinski definition) is 4. The molecule has 1 atom stereocenters. The smallest absolute Gasteiger partial charge is 0.326 e. The van der Waals surface area contributed by atoms with E-state index in [-0.39, 0.29) is 5.69 Å². The second kappa shape index (κ2) is 6.85. The molecule has 1 rings (SSSR count). The van der Waals surface area contributed by atoms with Gasteiger partial charge in [0.05, 0.1) is 12.1 Å². The number of carbonyl (C=O) groups excluding carboxylic acids is 2. The summed E-state index contributed by atoms with van der Waals surface area (Å²) < 4.78 is 13.3. The van der Waals surface area contributed by atoms with Gasteiger partial charge in [0.1, 0.15) is 23.5 Å². The molecule has 0 saturated heterocycles. The standard InChI is InChI=1S/C12H11FN4O4/c13-7-2-1-3-8(6(7)5-14)16-12(21)17-9(11(19)20)4-10(15)18/h1-3,9H,4H2,(H2,15,18)(H,19,20)(H2,16,17,21)/t9-/m0/s1. The minimum absolute atomic E-state index is 0.127. The minimum Gasteiger partial charge on any atom is -0.480 e. The van der Waals surface area contributed by atoms with Crippen molar-refractivity contribution in [3.8, 4) is 6.07 Å². The van der Waals surface area contributed by atoms with Gasteiger partial charge in [0.2, 0.25) is 5.91 Å². The third-order valence-corrected chi connectivity index (χ3v) is 2.38. The van der Waals surface area contributed by atoms with Gasteiger partial charge in [-0.25, -0.2) is 14.0 Å². The van der Waals surface area contributed by atoms with Crippen LogP contribution in [0.2, 0.25) is 0 Å².